The Morgan fingerprint density at radius 1 is 1.47 bits per heavy atom. The highest BCUT2D eigenvalue weighted by Gasteiger charge is 2.40. The molecule has 0 bridgehead atoms. The zero-order chi connectivity index (χ0) is 12.9. The van der Waals surface area contributed by atoms with Gasteiger partial charge < -0.3 is 10.1 Å². The van der Waals surface area contributed by atoms with Gasteiger partial charge in [0.1, 0.15) is 0 Å². The summed E-state index contributed by atoms with van der Waals surface area (Å²) in [6, 6.07) is 0.193. The predicted octanol–water partition coefficient (Wildman–Crippen LogP) is 3.22. The maximum absolute atomic E-state index is 13.1. The molecule has 4 heteroatoms. The van der Waals surface area contributed by atoms with Crippen LogP contribution in [0.5, 0.6) is 0 Å². The second-order valence-electron chi connectivity index (χ2n) is 5.16. The summed E-state index contributed by atoms with van der Waals surface area (Å²) >= 11 is 0. The Morgan fingerprint density at radius 2 is 2.18 bits per heavy atom. The number of ether oxygens (including phenoxy) is 1. The molecule has 0 aromatic heterocycles. The molecule has 0 heterocycles. The van der Waals surface area contributed by atoms with Crippen LogP contribution in [0.1, 0.15) is 45.4 Å². The standard InChI is InChI=1S/C13H25F2NO/c1-4-5-12(17-3)11(16-2)8-10-6-7-13(14,15)9-10/h10-12,16H,4-9H2,1-3H3. The lowest BCUT2D eigenvalue weighted by Crippen LogP contribution is -2.40. The average molecular weight is 249 g/mol. The van der Waals surface area contributed by atoms with Gasteiger partial charge in [-0.2, -0.15) is 0 Å². The van der Waals surface area contributed by atoms with E-state index in [2.05, 4.69) is 12.2 Å². The molecule has 1 N–H and O–H groups in total. The molecule has 0 radical (unpaired) electrons. The van der Waals surface area contributed by atoms with Crippen LogP contribution in [0.4, 0.5) is 8.78 Å². The van der Waals surface area contributed by atoms with Crippen LogP contribution in [0.3, 0.4) is 0 Å². The third-order valence-electron chi connectivity index (χ3n) is 3.79. The first-order chi connectivity index (χ1) is 8.02. The van der Waals surface area contributed by atoms with E-state index in [1.165, 1.54) is 0 Å². The molecule has 0 aromatic rings. The van der Waals surface area contributed by atoms with Crippen LogP contribution in [0.2, 0.25) is 0 Å². The smallest absolute Gasteiger partial charge is 0.248 e. The van der Waals surface area contributed by atoms with Gasteiger partial charge in [-0.1, -0.05) is 13.3 Å². The molecule has 1 saturated carbocycles. The van der Waals surface area contributed by atoms with E-state index < -0.39 is 5.92 Å². The Morgan fingerprint density at radius 3 is 2.59 bits per heavy atom. The molecule has 1 rings (SSSR count). The molecular weight excluding hydrogens is 224 g/mol. The van der Waals surface area contributed by atoms with Crippen molar-refractivity contribution in [2.45, 2.75) is 63.5 Å². The van der Waals surface area contributed by atoms with Crippen LogP contribution in [-0.4, -0.2) is 32.2 Å². The maximum atomic E-state index is 13.1. The highest BCUT2D eigenvalue weighted by molar-refractivity contribution is 4.86. The topological polar surface area (TPSA) is 21.3 Å². The van der Waals surface area contributed by atoms with Gasteiger partial charge in [0, 0.05) is 26.0 Å². The fourth-order valence-electron chi connectivity index (χ4n) is 2.83. The summed E-state index contributed by atoms with van der Waals surface area (Å²) in [5.74, 6) is -2.30. The number of hydrogen-bond acceptors (Lipinski definition) is 2. The Balaban J connectivity index is 2.46. The third kappa shape index (κ3) is 4.51. The Labute approximate surface area is 103 Å². The second kappa shape index (κ2) is 6.64. The number of alkyl halides is 2. The number of nitrogens with one attached hydrogen (secondary N) is 1. The molecule has 3 unspecified atom stereocenters. The maximum Gasteiger partial charge on any atom is 0.248 e. The van der Waals surface area contributed by atoms with E-state index in [0.29, 0.717) is 6.42 Å². The minimum Gasteiger partial charge on any atom is -0.380 e. The van der Waals surface area contributed by atoms with Crippen molar-refractivity contribution in [3.63, 3.8) is 0 Å². The largest absolute Gasteiger partial charge is 0.380 e. The van der Waals surface area contributed by atoms with Crippen molar-refractivity contribution >= 4 is 0 Å². The van der Waals surface area contributed by atoms with Crippen LogP contribution in [0.25, 0.3) is 0 Å². The quantitative estimate of drug-likeness (QED) is 0.748. The van der Waals surface area contributed by atoms with E-state index in [4.69, 9.17) is 4.74 Å². The highest BCUT2D eigenvalue weighted by atomic mass is 19.3. The fraction of sp³-hybridized carbons (Fsp3) is 1.00. The molecule has 102 valence electrons. The van der Waals surface area contributed by atoms with Crippen molar-refractivity contribution in [3.05, 3.63) is 0 Å². The SMILES string of the molecule is CCCC(OC)C(CC1CCC(F)(F)C1)NC. The Kier molecular flexibility index (Phi) is 5.80. The summed E-state index contributed by atoms with van der Waals surface area (Å²) in [5.41, 5.74) is 0. The highest BCUT2D eigenvalue weighted by Crippen LogP contribution is 2.41. The third-order valence-corrected chi connectivity index (χ3v) is 3.79. The molecular formula is C13H25F2NO. The van der Waals surface area contributed by atoms with Crippen molar-refractivity contribution in [1.82, 2.24) is 5.32 Å². The van der Waals surface area contributed by atoms with Crippen molar-refractivity contribution in [3.8, 4) is 0 Å². The van der Waals surface area contributed by atoms with Gasteiger partial charge in [0.2, 0.25) is 5.92 Å². The summed E-state index contributed by atoms with van der Waals surface area (Å²) < 4.78 is 31.7. The lowest BCUT2D eigenvalue weighted by atomic mass is 9.93. The molecule has 1 aliphatic carbocycles. The summed E-state index contributed by atoms with van der Waals surface area (Å²) in [4.78, 5) is 0. The first kappa shape index (κ1) is 14.8. The minimum atomic E-state index is -2.43. The van der Waals surface area contributed by atoms with Gasteiger partial charge in [0.25, 0.3) is 0 Å². The van der Waals surface area contributed by atoms with E-state index in [9.17, 15) is 8.78 Å². The molecule has 0 aliphatic heterocycles. The predicted molar refractivity (Wildman–Crippen MR) is 65.5 cm³/mol. The normalized spacial score (nSPS) is 27.0. The number of rotatable bonds is 7. The van der Waals surface area contributed by atoms with E-state index in [0.717, 1.165) is 19.3 Å². The van der Waals surface area contributed by atoms with Gasteiger partial charge in [-0.15, -0.1) is 0 Å². The molecule has 0 saturated heterocycles. The van der Waals surface area contributed by atoms with Crippen LogP contribution in [-0.2, 0) is 4.74 Å². The number of hydrogen-bond donors (Lipinski definition) is 1. The van der Waals surface area contributed by atoms with Crippen LogP contribution < -0.4 is 5.32 Å². The number of likely N-dealkylation sites (N-methyl/N-ethyl adjacent to an activating group) is 1. The summed E-state index contributed by atoms with van der Waals surface area (Å²) in [5, 5.41) is 3.22. The van der Waals surface area contributed by atoms with Gasteiger partial charge in [-0.3, -0.25) is 0 Å². The van der Waals surface area contributed by atoms with Gasteiger partial charge in [0.05, 0.1) is 6.10 Å². The van der Waals surface area contributed by atoms with Gasteiger partial charge in [-0.25, -0.2) is 8.78 Å². The molecule has 1 aliphatic rings. The van der Waals surface area contributed by atoms with Crippen LogP contribution >= 0.6 is 0 Å². The van der Waals surface area contributed by atoms with Crippen LogP contribution in [0, 0.1) is 5.92 Å². The molecule has 2 nitrogen and oxygen atoms in total. The van der Waals surface area contributed by atoms with Crippen molar-refractivity contribution < 1.29 is 13.5 Å². The molecule has 17 heavy (non-hydrogen) atoms. The molecule has 1 fully saturated rings. The Bertz CT molecular complexity index is 223. The van der Waals surface area contributed by atoms with E-state index in [1.54, 1.807) is 7.11 Å². The van der Waals surface area contributed by atoms with Gasteiger partial charge in [-0.05, 0) is 32.2 Å². The summed E-state index contributed by atoms with van der Waals surface area (Å²) in [7, 11) is 3.59. The van der Waals surface area contributed by atoms with Crippen molar-refractivity contribution in [1.29, 1.82) is 0 Å². The van der Waals surface area contributed by atoms with Gasteiger partial charge >= 0.3 is 0 Å². The Hall–Kier alpha value is -0.220. The van der Waals surface area contributed by atoms with Crippen molar-refractivity contribution in [2.24, 2.45) is 5.92 Å². The first-order valence-electron chi connectivity index (χ1n) is 6.60. The molecule has 3 atom stereocenters. The van der Waals surface area contributed by atoms with E-state index >= 15 is 0 Å². The minimum absolute atomic E-state index is 0.0493. The lowest BCUT2D eigenvalue weighted by molar-refractivity contribution is 0.00206. The fourth-order valence-corrected chi connectivity index (χ4v) is 2.83. The zero-order valence-electron chi connectivity index (χ0n) is 11.1. The van der Waals surface area contributed by atoms with E-state index in [-0.39, 0.29) is 30.9 Å². The van der Waals surface area contributed by atoms with Crippen LogP contribution in [0.15, 0.2) is 0 Å². The number of methoxy groups -OCH3 is 1. The molecule has 0 aromatic carbocycles. The van der Waals surface area contributed by atoms with E-state index in [1.807, 2.05) is 7.05 Å². The number of halogens is 2. The molecule has 0 amide bonds. The zero-order valence-corrected chi connectivity index (χ0v) is 11.1. The van der Waals surface area contributed by atoms with Gasteiger partial charge in [0.15, 0.2) is 0 Å². The summed E-state index contributed by atoms with van der Waals surface area (Å²) in [6.07, 6.45) is 3.72. The van der Waals surface area contributed by atoms with Crippen molar-refractivity contribution in [2.75, 3.05) is 14.2 Å². The summed E-state index contributed by atoms with van der Waals surface area (Å²) in [6.45, 7) is 2.11. The first-order valence-corrected chi connectivity index (χ1v) is 6.60. The monoisotopic (exact) mass is 249 g/mol. The lowest BCUT2D eigenvalue weighted by Gasteiger charge is -2.27. The average Bonchev–Trinajstić information content (AvgIpc) is 2.63. The molecule has 0 spiro atoms. The second-order valence-corrected chi connectivity index (χ2v) is 5.16.